The average Bonchev–Trinajstić information content (AvgIpc) is 2.25. The maximum atomic E-state index is 12.0. The van der Waals surface area contributed by atoms with Gasteiger partial charge in [-0.25, -0.2) is 0 Å². The van der Waals surface area contributed by atoms with Gasteiger partial charge >= 0.3 is 0 Å². The molecule has 0 aromatic rings. The Morgan fingerprint density at radius 3 is 3.00 bits per heavy atom. The Kier molecular flexibility index (Phi) is 4.65. The lowest BCUT2D eigenvalue weighted by atomic mass is 10.0. The summed E-state index contributed by atoms with van der Waals surface area (Å²) >= 11 is 0. The minimum Gasteiger partial charge on any atom is -0.409 e. The highest BCUT2D eigenvalue weighted by atomic mass is 19.1. The van der Waals surface area contributed by atoms with E-state index < -0.39 is 0 Å². The smallest absolute Gasteiger partial charge is 0.156 e. The molecule has 0 radical (unpaired) electrons. The Morgan fingerprint density at radius 1 is 1.57 bits per heavy atom. The van der Waals surface area contributed by atoms with Crippen LogP contribution in [0.3, 0.4) is 0 Å². The van der Waals surface area contributed by atoms with Crippen molar-refractivity contribution in [1.82, 2.24) is 4.90 Å². The standard InChI is InChI=1S/C9H18FN3O/c10-5-3-7-13-6-2-1-4-8(13)9(11)12-14/h8,14H,1-7H2,(H2,11,12). The minimum atomic E-state index is -0.306. The maximum Gasteiger partial charge on any atom is 0.156 e. The first-order valence-corrected chi connectivity index (χ1v) is 5.07. The highest BCUT2D eigenvalue weighted by Crippen LogP contribution is 2.17. The Labute approximate surface area is 83.6 Å². The summed E-state index contributed by atoms with van der Waals surface area (Å²) in [7, 11) is 0. The van der Waals surface area contributed by atoms with Gasteiger partial charge in [0.25, 0.3) is 0 Å². The molecule has 0 aromatic carbocycles. The molecule has 1 aliphatic heterocycles. The summed E-state index contributed by atoms with van der Waals surface area (Å²) in [6.07, 6.45) is 3.63. The van der Waals surface area contributed by atoms with Crippen LogP contribution in [0.15, 0.2) is 5.16 Å². The topological polar surface area (TPSA) is 61.9 Å². The van der Waals surface area contributed by atoms with E-state index >= 15 is 0 Å². The van der Waals surface area contributed by atoms with Crippen LogP contribution < -0.4 is 5.73 Å². The van der Waals surface area contributed by atoms with Crippen molar-refractivity contribution in [2.45, 2.75) is 31.7 Å². The molecule has 1 fully saturated rings. The van der Waals surface area contributed by atoms with Crippen LogP contribution in [0.1, 0.15) is 25.7 Å². The van der Waals surface area contributed by atoms with E-state index in [1.54, 1.807) is 0 Å². The lowest BCUT2D eigenvalue weighted by Gasteiger charge is -2.34. The van der Waals surface area contributed by atoms with E-state index in [9.17, 15) is 4.39 Å². The summed E-state index contributed by atoms with van der Waals surface area (Å²) < 4.78 is 12.0. The predicted molar refractivity (Wildman–Crippen MR) is 53.2 cm³/mol. The Morgan fingerprint density at radius 2 is 2.36 bits per heavy atom. The molecule has 0 amide bonds. The van der Waals surface area contributed by atoms with Gasteiger partial charge < -0.3 is 10.9 Å². The van der Waals surface area contributed by atoms with Gasteiger partial charge in [-0.1, -0.05) is 11.6 Å². The van der Waals surface area contributed by atoms with Crippen LogP contribution in [0.2, 0.25) is 0 Å². The van der Waals surface area contributed by atoms with E-state index in [1.807, 2.05) is 0 Å². The third-order valence-corrected chi connectivity index (χ3v) is 2.65. The highest BCUT2D eigenvalue weighted by molar-refractivity contribution is 5.85. The first-order chi connectivity index (χ1) is 6.79. The minimum absolute atomic E-state index is 0.000278. The number of rotatable bonds is 4. The zero-order chi connectivity index (χ0) is 10.4. The number of oxime groups is 1. The lowest BCUT2D eigenvalue weighted by Crippen LogP contribution is -2.48. The molecule has 0 spiro atoms. The van der Waals surface area contributed by atoms with Crippen LogP contribution in [-0.4, -0.2) is 41.7 Å². The number of nitrogens with zero attached hydrogens (tertiary/aromatic N) is 2. The SMILES string of the molecule is NC(=NO)C1CCCCN1CCCF. The summed E-state index contributed by atoms with van der Waals surface area (Å²) in [4.78, 5) is 2.10. The number of amidine groups is 1. The quantitative estimate of drug-likeness (QED) is 0.309. The molecule has 82 valence electrons. The molecule has 1 rings (SSSR count). The first-order valence-electron chi connectivity index (χ1n) is 5.07. The molecule has 4 nitrogen and oxygen atoms in total. The van der Waals surface area contributed by atoms with Gasteiger partial charge in [0.2, 0.25) is 0 Å². The van der Waals surface area contributed by atoms with Crippen molar-refractivity contribution in [3.05, 3.63) is 0 Å². The summed E-state index contributed by atoms with van der Waals surface area (Å²) in [6.45, 7) is 1.30. The van der Waals surface area contributed by atoms with Gasteiger partial charge in [0.1, 0.15) is 0 Å². The largest absolute Gasteiger partial charge is 0.409 e. The Hall–Kier alpha value is -0.840. The molecule has 1 unspecified atom stereocenters. The van der Waals surface area contributed by atoms with Crippen molar-refractivity contribution >= 4 is 5.84 Å². The van der Waals surface area contributed by atoms with E-state index in [1.165, 1.54) is 0 Å². The molecular weight excluding hydrogens is 185 g/mol. The predicted octanol–water partition coefficient (Wildman–Crippen LogP) is 0.947. The fourth-order valence-electron chi connectivity index (χ4n) is 1.92. The second-order valence-electron chi connectivity index (χ2n) is 3.61. The first kappa shape index (κ1) is 11.2. The van der Waals surface area contributed by atoms with E-state index in [0.717, 1.165) is 25.8 Å². The molecule has 1 atom stereocenters. The third kappa shape index (κ3) is 2.83. The number of likely N-dealkylation sites (tertiary alicyclic amines) is 1. The second kappa shape index (κ2) is 5.80. The molecule has 5 heteroatoms. The van der Waals surface area contributed by atoms with E-state index in [-0.39, 0.29) is 18.6 Å². The van der Waals surface area contributed by atoms with E-state index in [0.29, 0.717) is 13.0 Å². The normalized spacial score (nSPS) is 25.2. The van der Waals surface area contributed by atoms with Gasteiger partial charge in [0, 0.05) is 6.54 Å². The maximum absolute atomic E-state index is 12.0. The fourth-order valence-corrected chi connectivity index (χ4v) is 1.92. The average molecular weight is 203 g/mol. The molecule has 1 heterocycles. The van der Waals surface area contributed by atoms with Gasteiger partial charge in [-0.15, -0.1) is 0 Å². The molecule has 0 aliphatic carbocycles. The summed E-state index contributed by atoms with van der Waals surface area (Å²) in [6, 6.07) is 0.000278. The second-order valence-corrected chi connectivity index (χ2v) is 3.61. The Balaban J connectivity index is 2.50. The van der Waals surface area contributed by atoms with Crippen LogP contribution in [0, 0.1) is 0 Å². The highest BCUT2D eigenvalue weighted by Gasteiger charge is 2.25. The van der Waals surface area contributed by atoms with Crippen LogP contribution in [-0.2, 0) is 0 Å². The van der Waals surface area contributed by atoms with Crippen molar-refractivity contribution in [1.29, 1.82) is 0 Å². The molecule has 1 saturated heterocycles. The van der Waals surface area contributed by atoms with Gasteiger partial charge in [-0.05, 0) is 25.8 Å². The monoisotopic (exact) mass is 203 g/mol. The van der Waals surface area contributed by atoms with Gasteiger partial charge in [0.15, 0.2) is 5.84 Å². The zero-order valence-corrected chi connectivity index (χ0v) is 8.32. The van der Waals surface area contributed by atoms with Gasteiger partial charge in [-0.2, -0.15) is 0 Å². The van der Waals surface area contributed by atoms with Crippen LogP contribution >= 0.6 is 0 Å². The fraction of sp³-hybridized carbons (Fsp3) is 0.889. The van der Waals surface area contributed by atoms with Crippen molar-refractivity contribution in [3.63, 3.8) is 0 Å². The molecule has 0 saturated carbocycles. The number of alkyl halides is 1. The van der Waals surface area contributed by atoms with Crippen LogP contribution in [0.25, 0.3) is 0 Å². The molecule has 1 aliphatic rings. The van der Waals surface area contributed by atoms with E-state index in [2.05, 4.69) is 10.1 Å². The van der Waals surface area contributed by atoms with Crippen LogP contribution in [0.5, 0.6) is 0 Å². The van der Waals surface area contributed by atoms with Crippen molar-refractivity contribution in [3.8, 4) is 0 Å². The molecule has 0 bridgehead atoms. The molecule has 0 aromatic heterocycles. The summed E-state index contributed by atoms with van der Waals surface area (Å²) in [5.41, 5.74) is 5.57. The molecule has 14 heavy (non-hydrogen) atoms. The summed E-state index contributed by atoms with van der Waals surface area (Å²) in [5.74, 6) is 0.253. The zero-order valence-electron chi connectivity index (χ0n) is 8.32. The number of nitrogens with two attached hydrogens (primary N) is 1. The Bertz CT molecular complexity index is 198. The van der Waals surface area contributed by atoms with Crippen molar-refractivity contribution in [2.75, 3.05) is 19.8 Å². The summed E-state index contributed by atoms with van der Waals surface area (Å²) in [5, 5.41) is 11.6. The number of halogens is 1. The van der Waals surface area contributed by atoms with Gasteiger partial charge in [0.05, 0.1) is 12.7 Å². The number of hydrogen-bond acceptors (Lipinski definition) is 3. The molecule has 3 N–H and O–H groups in total. The number of hydrogen-bond donors (Lipinski definition) is 2. The van der Waals surface area contributed by atoms with Gasteiger partial charge in [-0.3, -0.25) is 9.29 Å². The third-order valence-electron chi connectivity index (χ3n) is 2.65. The number of piperidine rings is 1. The van der Waals surface area contributed by atoms with Crippen molar-refractivity contribution < 1.29 is 9.60 Å². The van der Waals surface area contributed by atoms with E-state index in [4.69, 9.17) is 10.9 Å². The lowest BCUT2D eigenvalue weighted by molar-refractivity contribution is 0.179. The van der Waals surface area contributed by atoms with Crippen molar-refractivity contribution in [2.24, 2.45) is 10.9 Å². The van der Waals surface area contributed by atoms with Crippen LogP contribution in [0.4, 0.5) is 4.39 Å². The molecular formula is C9H18FN3O.